The van der Waals surface area contributed by atoms with E-state index in [-0.39, 0.29) is 12.1 Å². The Labute approximate surface area is 92.2 Å². The molecule has 0 aromatic carbocycles. The lowest BCUT2D eigenvalue weighted by atomic mass is 10.1. The summed E-state index contributed by atoms with van der Waals surface area (Å²) in [6.45, 7) is 3.45. The minimum atomic E-state index is 0.0193. The molecule has 4 heteroatoms. The van der Waals surface area contributed by atoms with Crippen molar-refractivity contribution in [1.29, 1.82) is 0 Å². The molecule has 15 heavy (non-hydrogen) atoms. The second kappa shape index (κ2) is 5.95. The van der Waals surface area contributed by atoms with Crippen LogP contribution in [0.15, 0.2) is 0 Å². The Bertz CT molecular complexity index is 204. The summed E-state index contributed by atoms with van der Waals surface area (Å²) in [6.07, 6.45) is 4.58. The molecule has 1 atom stereocenters. The van der Waals surface area contributed by atoms with Gasteiger partial charge >= 0.3 is 6.03 Å². The highest BCUT2D eigenvalue weighted by atomic mass is 16.2. The molecule has 1 aliphatic carbocycles. The van der Waals surface area contributed by atoms with Crippen LogP contribution in [0.5, 0.6) is 0 Å². The molecule has 1 saturated carbocycles. The molecule has 1 unspecified atom stereocenters. The average Bonchev–Trinajstić information content (AvgIpc) is 3.03. The van der Waals surface area contributed by atoms with Crippen LogP contribution in [0.25, 0.3) is 0 Å². The number of carbonyl (C=O) groups is 1. The Hall–Kier alpha value is -0.770. The van der Waals surface area contributed by atoms with Gasteiger partial charge < -0.3 is 16.0 Å². The van der Waals surface area contributed by atoms with Crippen LogP contribution in [0, 0.1) is 5.92 Å². The van der Waals surface area contributed by atoms with E-state index in [1.54, 1.807) is 4.90 Å². The summed E-state index contributed by atoms with van der Waals surface area (Å²) in [5.74, 6) is 0.636. The van der Waals surface area contributed by atoms with Crippen molar-refractivity contribution < 1.29 is 4.79 Å². The van der Waals surface area contributed by atoms with Gasteiger partial charge in [0.25, 0.3) is 0 Å². The third kappa shape index (κ3) is 3.70. The number of unbranched alkanes of at least 4 members (excludes halogenated alkanes) is 1. The molecule has 88 valence electrons. The van der Waals surface area contributed by atoms with Crippen molar-refractivity contribution in [1.82, 2.24) is 10.2 Å². The molecular formula is C11H23N3O. The number of urea groups is 1. The maximum absolute atomic E-state index is 11.7. The van der Waals surface area contributed by atoms with Crippen molar-refractivity contribution >= 4 is 6.03 Å². The molecule has 1 aliphatic rings. The van der Waals surface area contributed by atoms with E-state index >= 15 is 0 Å². The summed E-state index contributed by atoms with van der Waals surface area (Å²) >= 11 is 0. The van der Waals surface area contributed by atoms with Gasteiger partial charge in [-0.15, -0.1) is 0 Å². The van der Waals surface area contributed by atoms with E-state index < -0.39 is 0 Å². The SMILES string of the molecule is CCCCNC(=O)N(C)C(CN)C1CC1. The predicted molar refractivity (Wildman–Crippen MR) is 61.6 cm³/mol. The normalized spacial score (nSPS) is 17.3. The second-order valence-electron chi connectivity index (χ2n) is 4.34. The highest BCUT2D eigenvalue weighted by Crippen LogP contribution is 2.34. The Morgan fingerprint density at radius 3 is 2.73 bits per heavy atom. The van der Waals surface area contributed by atoms with E-state index in [1.165, 1.54) is 12.8 Å². The zero-order valence-corrected chi connectivity index (χ0v) is 9.83. The van der Waals surface area contributed by atoms with Crippen LogP contribution < -0.4 is 11.1 Å². The van der Waals surface area contributed by atoms with E-state index in [0.29, 0.717) is 12.5 Å². The third-order valence-corrected chi connectivity index (χ3v) is 3.03. The highest BCUT2D eigenvalue weighted by molar-refractivity contribution is 5.74. The standard InChI is InChI=1S/C11H23N3O/c1-3-4-7-13-11(15)14(2)10(8-12)9-5-6-9/h9-10H,3-8,12H2,1-2H3,(H,13,15). The lowest BCUT2D eigenvalue weighted by molar-refractivity contribution is 0.184. The van der Waals surface area contributed by atoms with Gasteiger partial charge in [-0.05, 0) is 25.2 Å². The lowest BCUT2D eigenvalue weighted by Crippen LogP contribution is -2.48. The van der Waals surface area contributed by atoms with Crippen molar-refractivity contribution in [3.05, 3.63) is 0 Å². The summed E-state index contributed by atoms with van der Waals surface area (Å²) in [5.41, 5.74) is 5.69. The molecule has 0 bridgehead atoms. The van der Waals surface area contributed by atoms with Crippen LogP contribution in [-0.4, -0.2) is 37.1 Å². The van der Waals surface area contributed by atoms with Gasteiger partial charge in [0.2, 0.25) is 0 Å². The van der Waals surface area contributed by atoms with Gasteiger partial charge in [-0.2, -0.15) is 0 Å². The van der Waals surface area contributed by atoms with Crippen molar-refractivity contribution in [2.24, 2.45) is 11.7 Å². The minimum Gasteiger partial charge on any atom is -0.338 e. The van der Waals surface area contributed by atoms with E-state index in [2.05, 4.69) is 12.2 Å². The number of carbonyl (C=O) groups excluding carboxylic acids is 1. The largest absolute Gasteiger partial charge is 0.338 e. The summed E-state index contributed by atoms with van der Waals surface area (Å²) < 4.78 is 0. The van der Waals surface area contributed by atoms with Crippen LogP contribution in [0.4, 0.5) is 4.79 Å². The maximum Gasteiger partial charge on any atom is 0.317 e. The Morgan fingerprint density at radius 1 is 1.60 bits per heavy atom. The maximum atomic E-state index is 11.7. The smallest absolute Gasteiger partial charge is 0.317 e. The van der Waals surface area contributed by atoms with Gasteiger partial charge in [0.1, 0.15) is 0 Å². The number of amides is 2. The first-order chi connectivity index (χ1) is 7.20. The molecule has 1 rings (SSSR count). The molecule has 1 fully saturated rings. The molecule has 0 aromatic heterocycles. The van der Waals surface area contributed by atoms with Crippen LogP contribution in [-0.2, 0) is 0 Å². The molecule has 2 amide bonds. The molecular weight excluding hydrogens is 190 g/mol. The molecule has 0 saturated heterocycles. The topological polar surface area (TPSA) is 58.4 Å². The summed E-state index contributed by atoms with van der Waals surface area (Å²) in [5, 5.41) is 2.91. The summed E-state index contributed by atoms with van der Waals surface area (Å²) in [6, 6.07) is 0.248. The van der Waals surface area contributed by atoms with Crippen molar-refractivity contribution in [3.8, 4) is 0 Å². The Kier molecular flexibility index (Phi) is 4.88. The van der Waals surface area contributed by atoms with E-state index in [4.69, 9.17) is 5.73 Å². The molecule has 3 N–H and O–H groups in total. The first kappa shape index (κ1) is 12.3. The number of hydrogen-bond donors (Lipinski definition) is 2. The van der Waals surface area contributed by atoms with E-state index in [9.17, 15) is 4.79 Å². The van der Waals surface area contributed by atoms with Crippen LogP contribution >= 0.6 is 0 Å². The zero-order valence-electron chi connectivity index (χ0n) is 9.83. The highest BCUT2D eigenvalue weighted by Gasteiger charge is 2.34. The fraction of sp³-hybridized carbons (Fsp3) is 0.909. The lowest BCUT2D eigenvalue weighted by Gasteiger charge is -2.27. The number of hydrogen-bond acceptors (Lipinski definition) is 2. The third-order valence-electron chi connectivity index (χ3n) is 3.03. The van der Waals surface area contributed by atoms with E-state index in [1.807, 2.05) is 7.05 Å². The number of likely N-dealkylation sites (N-methyl/N-ethyl adjacent to an activating group) is 1. The monoisotopic (exact) mass is 213 g/mol. The predicted octanol–water partition coefficient (Wildman–Crippen LogP) is 1.17. The Balaban J connectivity index is 2.29. The fourth-order valence-corrected chi connectivity index (χ4v) is 1.80. The first-order valence-electron chi connectivity index (χ1n) is 5.91. The minimum absolute atomic E-state index is 0.0193. The number of nitrogens with zero attached hydrogens (tertiary/aromatic N) is 1. The van der Waals surface area contributed by atoms with Crippen molar-refractivity contribution in [3.63, 3.8) is 0 Å². The van der Waals surface area contributed by atoms with Gasteiger partial charge in [-0.1, -0.05) is 13.3 Å². The Morgan fingerprint density at radius 2 is 2.27 bits per heavy atom. The molecule has 4 nitrogen and oxygen atoms in total. The number of nitrogens with one attached hydrogen (secondary N) is 1. The zero-order chi connectivity index (χ0) is 11.3. The van der Waals surface area contributed by atoms with Gasteiger partial charge in [0.15, 0.2) is 0 Å². The molecule has 0 radical (unpaired) electrons. The molecule has 0 heterocycles. The fourth-order valence-electron chi connectivity index (χ4n) is 1.80. The number of nitrogens with two attached hydrogens (primary N) is 1. The van der Waals surface area contributed by atoms with Crippen LogP contribution in [0.2, 0.25) is 0 Å². The van der Waals surface area contributed by atoms with Gasteiger partial charge in [-0.25, -0.2) is 4.79 Å². The van der Waals surface area contributed by atoms with Crippen LogP contribution in [0.1, 0.15) is 32.6 Å². The van der Waals surface area contributed by atoms with Gasteiger partial charge in [0, 0.05) is 26.2 Å². The number of rotatable bonds is 6. The van der Waals surface area contributed by atoms with Gasteiger partial charge in [-0.3, -0.25) is 0 Å². The van der Waals surface area contributed by atoms with Crippen molar-refractivity contribution in [2.75, 3.05) is 20.1 Å². The molecule has 0 aromatic rings. The summed E-state index contributed by atoms with van der Waals surface area (Å²) in [7, 11) is 1.84. The van der Waals surface area contributed by atoms with Crippen molar-refractivity contribution in [2.45, 2.75) is 38.6 Å². The van der Waals surface area contributed by atoms with Crippen LogP contribution in [0.3, 0.4) is 0 Å². The molecule has 0 aliphatic heterocycles. The quantitative estimate of drug-likeness (QED) is 0.651. The van der Waals surface area contributed by atoms with E-state index in [0.717, 1.165) is 19.4 Å². The average molecular weight is 213 g/mol. The molecule has 0 spiro atoms. The summed E-state index contributed by atoms with van der Waals surface area (Å²) in [4.78, 5) is 13.5. The van der Waals surface area contributed by atoms with Gasteiger partial charge in [0.05, 0.1) is 0 Å². The first-order valence-corrected chi connectivity index (χ1v) is 5.91. The second-order valence-corrected chi connectivity index (χ2v) is 4.34.